The number of nitrogens with zero attached hydrogens (tertiary/aromatic N) is 4. The predicted molar refractivity (Wildman–Crippen MR) is 110 cm³/mol. The van der Waals surface area contributed by atoms with Gasteiger partial charge in [0.1, 0.15) is 5.82 Å². The predicted octanol–water partition coefficient (Wildman–Crippen LogP) is 2.97. The summed E-state index contributed by atoms with van der Waals surface area (Å²) in [6, 6.07) is 0.850. The van der Waals surface area contributed by atoms with E-state index >= 15 is 0 Å². The number of piperazine rings is 1. The molecule has 3 aliphatic rings. The fourth-order valence-electron chi connectivity index (χ4n) is 4.80. The summed E-state index contributed by atoms with van der Waals surface area (Å²) in [5.74, 6) is -0.665. The minimum Gasteiger partial charge on any atom is -0.352 e. The lowest BCUT2D eigenvalue weighted by molar-refractivity contribution is -0.141. The number of rotatable bonds is 4. The molecule has 0 bridgehead atoms. The Morgan fingerprint density at radius 1 is 1.06 bits per heavy atom. The van der Waals surface area contributed by atoms with Gasteiger partial charge in [0.2, 0.25) is 17.7 Å². The van der Waals surface area contributed by atoms with E-state index in [-0.39, 0.29) is 53.4 Å². The van der Waals surface area contributed by atoms with Gasteiger partial charge in [-0.05, 0) is 18.9 Å². The summed E-state index contributed by atoms with van der Waals surface area (Å²) < 4.78 is 38.4. The van der Waals surface area contributed by atoms with Gasteiger partial charge < -0.3 is 9.80 Å². The summed E-state index contributed by atoms with van der Waals surface area (Å²) >= 11 is 6.02. The summed E-state index contributed by atoms with van der Waals surface area (Å²) in [7, 11) is 0. The van der Waals surface area contributed by atoms with E-state index < -0.39 is 11.7 Å². The van der Waals surface area contributed by atoms with Crippen LogP contribution in [0, 0.1) is 11.8 Å². The van der Waals surface area contributed by atoms with Gasteiger partial charge in [0.05, 0.1) is 22.4 Å². The molecule has 1 aromatic rings. The van der Waals surface area contributed by atoms with Crippen LogP contribution >= 0.6 is 11.6 Å². The zero-order valence-corrected chi connectivity index (χ0v) is 18.2. The third-order valence-electron chi connectivity index (χ3n) is 6.56. The van der Waals surface area contributed by atoms with Crippen LogP contribution in [-0.2, 0) is 20.6 Å². The molecule has 1 aliphatic carbocycles. The molecular formula is C21H24ClF3N4O3. The summed E-state index contributed by atoms with van der Waals surface area (Å²) in [6.45, 7) is 1.54. The number of hydrogen-bond acceptors (Lipinski definition) is 5. The quantitative estimate of drug-likeness (QED) is 0.630. The van der Waals surface area contributed by atoms with Gasteiger partial charge in [0.15, 0.2) is 0 Å². The molecule has 2 saturated heterocycles. The zero-order valence-electron chi connectivity index (χ0n) is 17.4. The average molecular weight is 473 g/mol. The van der Waals surface area contributed by atoms with Crippen LogP contribution in [0.4, 0.5) is 19.0 Å². The molecular weight excluding hydrogens is 449 g/mol. The van der Waals surface area contributed by atoms with Gasteiger partial charge in [-0.15, -0.1) is 0 Å². The van der Waals surface area contributed by atoms with E-state index in [0.29, 0.717) is 26.2 Å². The molecule has 174 valence electrons. The Labute approximate surface area is 188 Å². The van der Waals surface area contributed by atoms with Crippen LogP contribution in [0.25, 0.3) is 0 Å². The van der Waals surface area contributed by atoms with Crippen LogP contribution in [0.5, 0.6) is 0 Å². The van der Waals surface area contributed by atoms with Crippen molar-refractivity contribution in [1.29, 1.82) is 0 Å². The second-order valence-corrected chi connectivity index (χ2v) is 8.88. The number of aromatic nitrogens is 1. The van der Waals surface area contributed by atoms with Crippen molar-refractivity contribution in [3.8, 4) is 0 Å². The lowest BCUT2D eigenvalue weighted by atomic mass is 9.81. The molecule has 2 aliphatic heterocycles. The first-order chi connectivity index (χ1) is 15.2. The van der Waals surface area contributed by atoms with Crippen LogP contribution in [0.2, 0.25) is 5.02 Å². The van der Waals surface area contributed by atoms with E-state index in [1.54, 1.807) is 9.80 Å². The van der Waals surface area contributed by atoms with Crippen LogP contribution in [0.3, 0.4) is 0 Å². The monoisotopic (exact) mass is 472 g/mol. The zero-order chi connectivity index (χ0) is 23.0. The molecule has 3 amide bonds. The SMILES string of the molecule is O=C(CCN1C(=O)C2CCCCC2C1=O)N1CCN(c2ncc(C(F)(F)F)cc2Cl)CC1. The third kappa shape index (κ3) is 4.42. The van der Waals surface area contributed by atoms with Crippen molar-refractivity contribution in [2.24, 2.45) is 11.8 Å². The van der Waals surface area contributed by atoms with Gasteiger partial charge >= 0.3 is 6.18 Å². The van der Waals surface area contributed by atoms with Gasteiger partial charge in [-0.25, -0.2) is 4.98 Å². The number of imide groups is 1. The summed E-state index contributed by atoms with van der Waals surface area (Å²) in [6.07, 6.45) is -0.318. The number of halogens is 4. The maximum Gasteiger partial charge on any atom is 0.417 e. The average Bonchev–Trinajstić information content (AvgIpc) is 3.01. The second kappa shape index (κ2) is 8.88. The normalized spacial score (nSPS) is 24.2. The number of alkyl halides is 3. The highest BCUT2D eigenvalue weighted by Crippen LogP contribution is 2.38. The summed E-state index contributed by atoms with van der Waals surface area (Å²) in [5.41, 5.74) is -0.911. The number of carbonyl (C=O) groups excluding carboxylic acids is 3. The summed E-state index contributed by atoms with van der Waals surface area (Å²) in [5, 5.41) is -0.0906. The van der Waals surface area contributed by atoms with E-state index in [2.05, 4.69) is 4.98 Å². The minimum absolute atomic E-state index is 0.0657. The molecule has 2 unspecified atom stereocenters. The first-order valence-corrected chi connectivity index (χ1v) is 11.2. The first-order valence-electron chi connectivity index (χ1n) is 10.8. The number of amides is 3. The number of pyridine rings is 1. The fraction of sp³-hybridized carbons (Fsp3) is 0.619. The van der Waals surface area contributed by atoms with E-state index in [4.69, 9.17) is 11.6 Å². The molecule has 4 rings (SSSR count). The van der Waals surface area contributed by atoms with Crippen LogP contribution < -0.4 is 4.90 Å². The van der Waals surface area contributed by atoms with Crippen molar-refractivity contribution in [1.82, 2.24) is 14.8 Å². The van der Waals surface area contributed by atoms with E-state index in [1.165, 1.54) is 4.90 Å². The third-order valence-corrected chi connectivity index (χ3v) is 6.84. The molecule has 11 heteroatoms. The van der Waals surface area contributed by atoms with Crippen LogP contribution in [-0.4, -0.2) is 65.2 Å². The maximum atomic E-state index is 12.8. The topological polar surface area (TPSA) is 73.8 Å². The van der Waals surface area contributed by atoms with E-state index in [9.17, 15) is 27.6 Å². The lowest BCUT2D eigenvalue weighted by Crippen LogP contribution is -2.49. The van der Waals surface area contributed by atoms with Gasteiger partial charge in [-0.1, -0.05) is 24.4 Å². The Morgan fingerprint density at radius 3 is 2.19 bits per heavy atom. The number of fused-ring (bicyclic) bond motifs is 1. The highest BCUT2D eigenvalue weighted by Gasteiger charge is 2.48. The number of hydrogen-bond donors (Lipinski definition) is 0. The smallest absolute Gasteiger partial charge is 0.352 e. The minimum atomic E-state index is -4.52. The number of carbonyl (C=O) groups is 3. The molecule has 3 fully saturated rings. The van der Waals surface area contributed by atoms with Crippen molar-refractivity contribution in [2.75, 3.05) is 37.6 Å². The van der Waals surface area contributed by atoms with Crippen molar-refractivity contribution in [2.45, 2.75) is 38.3 Å². The Balaban J connectivity index is 1.30. The Bertz CT molecular complexity index is 894. The Morgan fingerprint density at radius 2 is 1.66 bits per heavy atom. The summed E-state index contributed by atoms with van der Waals surface area (Å²) in [4.78, 5) is 46.2. The lowest BCUT2D eigenvalue weighted by Gasteiger charge is -2.36. The molecule has 3 heterocycles. The first kappa shape index (κ1) is 22.8. The molecule has 32 heavy (non-hydrogen) atoms. The van der Waals surface area contributed by atoms with E-state index in [0.717, 1.165) is 37.9 Å². The number of anilines is 1. The van der Waals surface area contributed by atoms with Gasteiger partial charge in [0, 0.05) is 45.3 Å². The van der Waals surface area contributed by atoms with Crippen molar-refractivity contribution < 1.29 is 27.6 Å². The molecule has 0 N–H and O–H groups in total. The molecule has 7 nitrogen and oxygen atoms in total. The van der Waals surface area contributed by atoms with Gasteiger partial charge in [0.25, 0.3) is 0 Å². The highest BCUT2D eigenvalue weighted by molar-refractivity contribution is 6.33. The van der Waals surface area contributed by atoms with Crippen molar-refractivity contribution in [3.63, 3.8) is 0 Å². The van der Waals surface area contributed by atoms with E-state index in [1.807, 2.05) is 0 Å². The molecule has 0 radical (unpaired) electrons. The molecule has 1 saturated carbocycles. The standard InChI is InChI=1S/C21H24ClF3N4O3/c22-16-11-13(21(23,24)25)12-26-18(16)28-9-7-27(8-10-28)17(30)5-6-29-19(31)14-3-1-2-4-15(14)20(29)32/h11-12,14-15H,1-10H2. The molecule has 0 aromatic carbocycles. The van der Waals surface area contributed by atoms with Crippen LogP contribution in [0.1, 0.15) is 37.7 Å². The Hall–Kier alpha value is -2.36. The maximum absolute atomic E-state index is 12.8. The van der Waals surface area contributed by atoms with Gasteiger partial charge in [-0.2, -0.15) is 13.2 Å². The van der Waals surface area contributed by atoms with Crippen molar-refractivity contribution in [3.05, 3.63) is 22.8 Å². The Kier molecular flexibility index (Phi) is 6.33. The second-order valence-electron chi connectivity index (χ2n) is 8.47. The van der Waals surface area contributed by atoms with Crippen molar-refractivity contribution >= 4 is 35.1 Å². The molecule has 2 atom stereocenters. The van der Waals surface area contributed by atoms with Crippen LogP contribution in [0.15, 0.2) is 12.3 Å². The number of likely N-dealkylation sites (tertiary alicyclic amines) is 1. The highest BCUT2D eigenvalue weighted by atomic mass is 35.5. The molecule has 1 aromatic heterocycles. The van der Waals surface area contributed by atoms with Gasteiger partial charge in [-0.3, -0.25) is 19.3 Å². The molecule has 0 spiro atoms. The largest absolute Gasteiger partial charge is 0.417 e. The fourth-order valence-corrected chi connectivity index (χ4v) is 5.09.